The Hall–Kier alpha value is -0.770. The molecule has 1 N–H and O–H groups in total. The second-order valence-electron chi connectivity index (χ2n) is 3.72. The van der Waals surface area contributed by atoms with Gasteiger partial charge >= 0.3 is 0 Å². The van der Waals surface area contributed by atoms with E-state index >= 15 is 0 Å². The summed E-state index contributed by atoms with van der Waals surface area (Å²) >= 11 is 15.1. The van der Waals surface area contributed by atoms with E-state index in [1.54, 1.807) is 0 Å². The number of halogens is 4. The Kier molecular flexibility index (Phi) is 4.49. The van der Waals surface area contributed by atoms with Crippen LogP contribution in [-0.2, 0) is 6.54 Å². The fourth-order valence-electron chi connectivity index (χ4n) is 1.50. The van der Waals surface area contributed by atoms with Crippen LogP contribution in [0, 0.1) is 5.82 Å². The minimum absolute atomic E-state index is 0.343. The van der Waals surface area contributed by atoms with Crippen molar-refractivity contribution in [3.63, 3.8) is 0 Å². The van der Waals surface area contributed by atoms with Gasteiger partial charge in [0.05, 0.1) is 10.7 Å². The molecule has 0 atom stereocenters. The van der Waals surface area contributed by atoms with E-state index in [0.717, 1.165) is 5.56 Å². The van der Waals surface area contributed by atoms with Gasteiger partial charge in [-0.25, -0.2) is 4.39 Å². The van der Waals surface area contributed by atoms with Crippen molar-refractivity contribution in [1.29, 1.82) is 0 Å². The molecular formula is C13H9BrCl2FN. The highest BCUT2D eigenvalue weighted by Crippen LogP contribution is 2.32. The van der Waals surface area contributed by atoms with Crippen LogP contribution in [0.25, 0.3) is 0 Å². The van der Waals surface area contributed by atoms with Gasteiger partial charge in [-0.2, -0.15) is 0 Å². The van der Waals surface area contributed by atoms with E-state index in [4.69, 9.17) is 23.2 Å². The van der Waals surface area contributed by atoms with Crippen LogP contribution >= 0.6 is 39.1 Å². The predicted molar refractivity (Wildman–Crippen MR) is 77.9 cm³/mol. The number of hydrogen-bond donors (Lipinski definition) is 1. The molecule has 0 bridgehead atoms. The molecule has 0 spiro atoms. The monoisotopic (exact) mass is 347 g/mol. The molecule has 2 aromatic carbocycles. The third kappa shape index (κ3) is 3.37. The third-order valence-electron chi connectivity index (χ3n) is 2.39. The van der Waals surface area contributed by atoms with Gasteiger partial charge in [0.2, 0.25) is 0 Å². The van der Waals surface area contributed by atoms with E-state index < -0.39 is 0 Å². The van der Waals surface area contributed by atoms with Crippen LogP contribution in [0.3, 0.4) is 0 Å². The van der Waals surface area contributed by atoms with E-state index in [1.165, 1.54) is 12.1 Å². The zero-order chi connectivity index (χ0) is 13.1. The molecule has 0 saturated heterocycles. The number of benzene rings is 2. The lowest BCUT2D eigenvalue weighted by molar-refractivity contribution is 0.627. The largest absolute Gasteiger partial charge is 0.379 e. The molecule has 5 heteroatoms. The predicted octanol–water partition coefficient (Wildman–Crippen LogP) is 5.51. The van der Waals surface area contributed by atoms with Crippen LogP contribution in [0.5, 0.6) is 0 Å². The highest BCUT2D eigenvalue weighted by atomic mass is 79.9. The second-order valence-corrected chi connectivity index (χ2v) is 5.42. The molecule has 0 fully saturated rings. The van der Waals surface area contributed by atoms with Gasteiger partial charge in [0.15, 0.2) is 0 Å². The fraction of sp³-hybridized carbons (Fsp3) is 0.0769. The minimum atomic E-state index is -0.371. The van der Waals surface area contributed by atoms with Gasteiger partial charge in [-0.15, -0.1) is 0 Å². The van der Waals surface area contributed by atoms with E-state index in [0.29, 0.717) is 26.8 Å². The number of hydrogen-bond acceptors (Lipinski definition) is 1. The molecule has 0 radical (unpaired) electrons. The second kappa shape index (κ2) is 5.91. The molecule has 1 nitrogen and oxygen atoms in total. The van der Waals surface area contributed by atoms with Crippen molar-refractivity contribution < 1.29 is 4.39 Å². The Labute approximate surface area is 123 Å². The van der Waals surface area contributed by atoms with Gasteiger partial charge in [-0.3, -0.25) is 0 Å². The summed E-state index contributed by atoms with van der Waals surface area (Å²) in [5.74, 6) is -0.371. The summed E-state index contributed by atoms with van der Waals surface area (Å²) in [7, 11) is 0. The fourth-order valence-corrected chi connectivity index (χ4v) is 2.59. The molecule has 0 aliphatic carbocycles. The Balaban J connectivity index is 2.13. The van der Waals surface area contributed by atoms with E-state index in [9.17, 15) is 4.39 Å². The highest BCUT2D eigenvalue weighted by molar-refractivity contribution is 9.10. The smallest absolute Gasteiger partial charge is 0.125 e. The average Bonchev–Trinajstić information content (AvgIpc) is 2.30. The van der Waals surface area contributed by atoms with E-state index in [2.05, 4.69) is 21.2 Å². The summed E-state index contributed by atoms with van der Waals surface area (Å²) in [5, 5.41) is 4.19. The van der Waals surface area contributed by atoms with Crippen LogP contribution in [0.15, 0.2) is 40.9 Å². The van der Waals surface area contributed by atoms with Gasteiger partial charge in [0.1, 0.15) is 5.82 Å². The molecule has 18 heavy (non-hydrogen) atoms. The first-order valence-corrected chi connectivity index (χ1v) is 6.74. The summed E-state index contributed by atoms with van der Waals surface area (Å²) in [6.45, 7) is 0.584. The summed E-state index contributed by atoms with van der Waals surface area (Å²) in [6, 6.07) is 10.1. The zero-order valence-corrected chi connectivity index (χ0v) is 12.3. The normalized spacial score (nSPS) is 10.4. The SMILES string of the molecule is Fc1cc(Cl)c(NCc2ccc(Cl)cc2)c(Br)c1. The van der Waals surface area contributed by atoms with Crippen LogP contribution in [-0.4, -0.2) is 0 Å². The molecular weight excluding hydrogens is 340 g/mol. The van der Waals surface area contributed by atoms with E-state index in [-0.39, 0.29) is 5.82 Å². The zero-order valence-electron chi connectivity index (χ0n) is 9.18. The topological polar surface area (TPSA) is 12.0 Å². The van der Waals surface area contributed by atoms with Crippen molar-refractivity contribution in [2.75, 3.05) is 5.32 Å². The average molecular weight is 349 g/mol. The molecule has 0 aliphatic heterocycles. The summed E-state index contributed by atoms with van der Waals surface area (Å²) < 4.78 is 13.7. The summed E-state index contributed by atoms with van der Waals surface area (Å²) in [4.78, 5) is 0. The standard InChI is InChI=1S/C13H9BrCl2FN/c14-11-5-10(17)6-12(16)13(11)18-7-8-1-3-9(15)4-2-8/h1-6,18H,7H2. The van der Waals surface area contributed by atoms with Crippen LogP contribution in [0.2, 0.25) is 10.0 Å². The Morgan fingerprint density at radius 3 is 2.39 bits per heavy atom. The molecule has 2 aromatic rings. The maximum Gasteiger partial charge on any atom is 0.125 e. The molecule has 0 unspecified atom stereocenters. The van der Waals surface area contributed by atoms with Crippen molar-refractivity contribution >= 4 is 44.8 Å². The lowest BCUT2D eigenvalue weighted by Crippen LogP contribution is -2.01. The number of nitrogens with one attached hydrogen (secondary N) is 1. The maximum atomic E-state index is 13.1. The molecule has 0 amide bonds. The maximum absolute atomic E-state index is 13.1. The molecule has 0 heterocycles. The highest BCUT2D eigenvalue weighted by Gasteiger charge is 2.07. The summed E-state index contributed by atoms with van der Waals surface area (Å²) in [5.41, 5.74) is 1.74. The van der Waals surface area contributed by atoms with Crippen molar-refractivity contribution in [2.24, 2.45) is 0 Å². The van der Waals surface area contributed by atoms with Crippen molar-refractivity contribution in [3.05, 3.63) is 62.3 Å². The van der Waals surface area contributed by atoms with Crippen molar-refractivity contribution in [2.45, 2.75) is 6.54 Å². The van der Waals surface area contributed by atoms with Gasteiger partial charge in [-0.1, -0.05) is 35.3 Å². The molecule has 2 rings (SSSR count). The first kappa shape index (κ1) is 13.7. The van der Waals surface area contributed by atoms with E-state index in [1.807, 2.05) is 24.3 Å². The number of anilines is 1. The van der Waals surface area contributed by atoms with Crippen LogP contribution in [0.1, 0.15) is 5.56 Å². The third-order valence-corrected chi connectivity index (χ3v) is 3.56. The quantitative estimate of drug-likeness (QED) is 0.771. The van der Waals surface area contributed by atoms with Crippen LogP contribution in [0.4, 0.5) is 10.1 Å². The summed E-state index contributed by atoms with van der Waals surface area (Å²) in [6.07, 6.45) is 0. The molecule has 0 saturated carbocycles. The first-order chi connectivity index (χ1) is 8.56. The Morgan fingerprint density at radius 1 is 1.11 bits per heavy atom. The van der Waals surface area contributed by atoms with Gasteiger partial charge in [-0.05, 0) is 45.8 Å². The van der Waals surface area contributed by atoms with Crippen molar-refractivity contribution in [1.82, 2.24) is 0 Å². The Bertz CT molecular complexity index is 534. The van der Waals surface area contributed by atoms with Gasteiger partial charge in [0.25, 0.3) is 0 Å². The molecule has 0 aliphatic rings. The molecule has 94 valence electrons. The molecule has 0 aromatic heterocycles. The minimum Gasteiger partial charge on any atom is -0.379 e. The first-order valence-electron chi connectivity index (χ1n) is 5.19. The van der Waals surface area contributed by atoms with Gasteiger partial charge in [0, 0.05) is 16.0 Å². The lowest BCUT2D eigenvalue weighted by atomic mass is 10.2. The van der Waals surface area contributed by atoms with Crippen LogP contribution < -0.4 is 5.32 Å². The number of rotatable bonds is 3. The van der Waals surface area contributed by atoms with Gasteiger partial charge < -0.3 is 5.32 Å². The van der Waals surface area contributed by atoms with Crippen molar-refractivity contribution in [3.8, 4) is 0 Å². The lowest BCUT2D eigenvalue weighted by Gasteiger charge is -2.11. The Morgan fingerprint density at radius 2 is 1.78 bits per heavy atom.